The molecule has 0 aromatic carbocycles. The van der Waals surface area contributed by atoms with Crippen molar-refractivity contribution in [1.29, 1.82) is 0 Å². The van der Waals surface area contributed by atoms with Crippen LogP contribution in [0.15, 0.2) is 6.33 Å². The van der Waals surface area contributed by atoms with Crippen LogP contribution < -0.4 is 5.32 Å². The molecule has 106 valence electrons. The SMILES string of the molecule is CCC(C)(C)C1CCC(NC(=O)c2ncn[nH]2)CC1. The average molecular weight is 264 g/mol. The Bertz CT molecular complexity index is 405. The van der Waals surface area contributed by atoms with Crippen LogP contribution in [0.5, 0.6) is 0 Å². The van der Waals surface area contributed by atoms with Crippen molar-refractivity contribution in [3.05, 3.63) is 12.2 Å². The van der Waals surface area contributed by atoms with Gasteiger partial charge in [-0.25, -0.2) is 4.98 Å². The number of nitrogens with zero attached hydrogens (tertiary/aromatic N) is 2. The lowest BCUT2D eigenvalue weighted by Gasteiger charge is -2.39. The molecule has 1 aliphatic carbocycles. The molecular weight excluding hydrogens is 240 g/mol. The molecule has 5 nitrogen and oxygen atoms in total. The second-order valence-electron chi connectivity index (χ2n) is 6.20. The van der Waals surface area contributed by atoms with Gasteiger partial charge in [0.25, 0.3) is 5.91 Å². The molecule has 0 spiro atoms. The molecule has 1 amide bonds. The van der Waals surface area contributed by atoms with Gasteiger partial charge in [0.2, 0.25) is 5.82 Å². The number of aromatic amines is 1. The highest BCUT2D eigenvalue weighted by molar-refractivity contribution is 5.90. The van der Waals surface area contributed by atoms with E-state index < -0.39 is 0 Å². The number of hydrogen-bond acceptors (Lipinski definition) is 3. The van der Waals surface area contributed by atoms with Crippen molar-refractivity contribution in [2.24, 2.45) is 11.3 Å². The van der Waals surface area contributed by atoms with Gasteiger partial charge in [0.1, 0.15) is 6.33 Å². The molecule has 0 unspecified atom stereocenters. The van der Waals surface area contributed by atoms with Crippen LogP contribution >= 0.6 is 0 Å². The third kappa shape index (κ3) is 3.33. The first-order valence-electron chi connectivity index (χ1n) is 7.19. The van der Waals surface area contributed by atoms with E-state index in [-0.39, 0.29) is 11.9 Å². The summed E-state index contributed by atoms with van der Waals surface area (Å²) in [6.07, 6.45) is 7.09. The predicted octanol–water partition coefficient (Wildman–Crippen LogP) is 2.53. The average Bonchev–Trinajstić information content (AvgIpc) is 2.93. The minimum absolute atomic E-state index is 0.143. The van der Waals surface area contributed by atoms with Crippen LogP contribution in [-0.4, -0.2) is 27.1 Å². The fraction of sp³-hybridized carbons (Fsp3) is 0.786. The van der Waals surface area contributed by atoms with E-state index in [4.69, 9.17) is 0 Å². The van der Waals surface area contributed by atoms with E-state index in [1.807, 2.05) is 0 Å². The van der Waals surface area contributed by atoms with Crippen molar-refractivity contribution < 1.29 is 4.79 Å². The van der Waals surface area contributed by atoms with E-state index in [0.717, 1.165) is 18.8 Å². The Labute approximate surface area is 114 Å². The van der Waals surface area contributed by atoms with E-state index >= 15 is 0 Å². The highest BCUT2D eigenvalue weighted by atomic mass is 16.2. The van der Waals surface area contributed by atoms with Gasteiger partial charge in [-0.05, 0) is 37.0 Å². The molecule has 1 aliphatic rings. The first kappa shape index (κ1) is 14.0. The Morgan fingerprint density at radius 1 is 1.42 bits per heavy atom. The second kappa shape index (κ2) is 5.72. The van der Waals surface area contributed by atoms with Gasteiger partial charge in [-0.3, -0.25) is 9.89 Å². The standard InChI is InChI=1S/C14H24N4O/c1-4-14(2,3)10-5-7-11(8-6-10)17-13(19)12-15-9-16-18-12/h9-11H,4-8H2,1-3H3,(H,17,19)(H,15,16,18). The number of carbonyl (C=O) groups is 1. The van der Waals surface area contributed by atoms with Crippen molar-refractivity contribution in [2.75, 3.05) is 0 Å². The molecule has 0 aliphatic heterocycles. The maximum atomic E-state index is 11.9. The first-order valence-corrected chi connectivity index (χ1v) is 7.19. The lowest BCUT2D eigenvalue weighted by Crippen LogP contribution is -2.40. The van der Waals surface area contributed by atoms with Gasteiger partial charge < -0.3 is 5.32 Å². The van der Waals surface area contributed by atoms with Gasteiger partial charge in [-0.2, -0.15) is 5.10 Å². The smallest absolute Gasteiger partial charge is 0.288 e. The second-order valence-corrected chi connectivity index (χ2v) is 6.20. The summed E-state index contributed by atoms with van der Waals surface area (Å²) < 4.78 is 0. The normalized spacial score (nSPS) is 24.2. The minimum atomic E-state index is -0.143. The summed E-state index contributed by atoms with van der Waals surface area (Å²) in [5, 5.41) is 9.33. The molecule has 0 saturated heterocycles. The molecule has 19 heavy (non-hydrogen) atoms. The molecule has 1 aromatic rings. The largest absolute Gasteiger partial charge is 0.347 e. The molecule has 5 heteroatoms. The van der Waals surface area contributed by atoms with Crippen molar-refractivity contribution in [3.63, 3.8) is 0 Å². The molecule has 1 saturated carbocycles. The lowest BCUT2D eigenvalue weighted by molar-refractivity contribution is 0.0883. The fourth-order valence-electron chi connectivity index (χ4n) is 2.88. The fourth-order valence-corrected chi connectivity index (χ4v) is 2.88. The number of amides is 1. The molecule has 2 N–H and O–H groups in total. The Balaban J connectivity index is 1.82. The van der Waals surface area contributed by atoms with E-state index in [1.54, 1.807) is 0 Å². The zero-order valence-corrected chi connectivity index (χ0v) is 12.1. The van der Waals surface area contributed by atoms with Gasteiger partial charge in [0.15, 0.2) is 0 Å². The summed E-state index contributed by atoms with van der Waals surface area (Å²) in [7, 11) is 0. The van der Waals surface area contributed by atoms with Gasteiger partial charge in [0, 0.05) is 6.04 Å². The number of carbonyl (C=O) groups excluding carboxylic acids is 1. The predicted molar refractivity (Wildman–Crippen MR) is 73.7 cm³/mol. The lowest BCUT2D eigenvalue weighted by atomic mass is 9.69. The number of hydrogen-bond donors (Lipinski definition) is 2. The van der Waals surface area contributed by atoms with Crippen molar-refractivity contribution >= 4 is 5.91 Å². The first-order chi connectivity index (χ1) is 9.03. The number of H-pyrrole nitrogens is 1. The van der Waals surface area contributed by atoms with Crippen LogP contribution in [0.4, 0.5) is 0 Å². The van der Waals surface area contributed by atoms with Crippen molar-refractivity contribution in [1.82, 2.24) is 20.5 Å². The van der Waals surface area contributed by atoms with Crippen LogP contribution in [0.3, 0.4) is 0 Å². The molecule has 1 heterocycles. The van der Waals surface area contributed by atoms with Crippen LogP contribution in [0.25, 0.3) is 0 Å². The van der Waals surface area contributed by atoms with Crippen LogP contribution in [0.1, 0.15) is 63.5 Å². The summed E-state index contributed by atoms with van der Waals surface area (Å²) in [6.45, 7) is 6.97. The Morgan fingerprint density at radius 3 is 2.63 bits per heavy atom. The summed E-state index contributed by atoms with van der Waals surface area (Å²) in [4.78, 5) is 15.7. The Kier molecular flexibility index (Phi) is 4.22. The van der Waals surface area contributed by atoms with E-state index in [9.17, 15) is 4.79 Å². The minimum Gasteiger partial charge on any atom is -0.347 e. The highest BCUT2D eigenvalue weighted by Gasteiger charge is 2.32. The topological polar surface area (TPSA) is 70.7 Å². The molecular formula is C14H24N4O. The van der Waals surface area contributed by atoms with E-state index in [1.165, 1.54) is 25.6 Å². The molecule has 0 atom stereocenters. The maximum Gasteiger partial charge on any atom is 0.288 e. The molecule has 1 fully saturated rings. The zero-order valence-electron chi connectivity index (χ0n) is 12.1. The van der Waals surface area contributed by atoms with Crippen molar-refractivity contribution in [3.8, 4) is 0 Å². The van der Waals surface area contributed by atoms with Crippen LogP contribution in [0, 0.1) is 11.3 Å². The summed E-state index contributed by atoms with van der Waals surface area (Å²) >= 11 is 0. The quantitative estimate of drug-likeness (QED) is 0.878. The zero-order chi connectivity index (χ0) is 13.9. The summed E-state index contributed by atoms with van der Waals surface area (Å²) in [6, 6.07) is 0.279. The third-order valence-electron chi connectivity index (χ3n) is 4.71. The molecule has 0 bridgehead atoms. The van der Waals surface area contributed by atoms with E-state index in [2.05, 4.69) is 41.3 Å². The number of nitrogens with one attached hydrogen (secondary N) is 2. The van der Waals surface area contributed by atoms with Crippen LogP contribution in [0.2, 0.25) is 0 Å². The van der Waals surface area contributed by atoms with Gasteiger partial charge in [0.05, 0.1) is 0 Å². The summed E-state index contributed by atoms with van der Waals surface area (Å²) in [5.74, 6) is 0.933. The molecule has 0 radical (unpaired) electrons. The van der Waals surface area contributed by atoms with Gasteiger partial charge in [-0.15, -0.1) is 0 Å². The maximum absolute atomic E-state index is 11.9. The van der Waals surface area contributed by atoms with Gasteiger partial charge >= 0.3 is 0 Å². The monoisotopic (exact) mass is 264 g/mol. The Morgan fingerprint density at radius 2 is 2.11 bits per heavy atom. The molecule has 2 rings (SSSR count). The number of aromatic nitrogens is 3. The van der Waals surface area contributed by atoms with Crippen molar-refractivity contribution in [2.45, 2.75) is 58.9 Å². The van der Waals surface area contributed by atoms with Crippen LogP contribution in [-0.2, 0) is 0 Å². The van der Waals surface area contributed by atoms with Gasteiger partial charge in [-0.1, -0.05) is 27.2 Å². The highest BCUT2D eigenvalue weighted by Crippen LogP contribution is 2.40. The molecule has 1 aromatic heterocycles. The van der Waals surface area contributed by atoms with E-state index in [0.29, 0.717) is 11.2 Å². The third-order valence-corrected chi connectivity index (χ3v) is 4.71. The summed E-state index contributed by atoms with van der Waals surface area (Å²) in [5.41, 5.74) is 0.417. The number of rotatable bonds is 4. The Hall–Kier alpha value is -1.39.